The SMILES string of the molecule is CC(C)(C)CC1CC(C(N)=CC(=O)[C@@H](CCCO)CC(=O)OC(C)(C)C)C1. The number of ketones is 1. The summed E-state index contributed by atoms with van der Waals surface area (Å²) in [5.41, 5.74) is 6.54. The van der Waals surface area contributed by atoms with Crippen molar-refractivity contribution in [3.8, 4) is 0 Å². The summed E-state index contributed by atoms with van der Waals surface area (Å²) in [5, 5.41) is 9.09. The van der Waals surface area contributed by atoms with Gasteiger partial charge in [0.05, 0.1) is 6.42 Å². The summed E-state index contributed by atoms with van der Waals surface area (Å²) in [6.45, 7) is 12.1. The molecule has 1 rings (SSSR count). The molecule has 1 fully saturated rings. The monoisotopic (exact) mass is 381 g/mol. The predicted octanol–water partition coefficient (Wildman–Crippen LogP) is 3.98. The molecule has 0 aromatic rings. The van der Waals surface area contributed by atoms with Gasteiger partial charge in [-0.1, -0.05) is 20.8 Å². The number of carbonyl (C=O) groups is 2. The number of carbonyl (C=O) groups excluding carboxylic acids is 2. The van der Waals surface area contributed by atoms with Crippen LogP contribution in [0.5, 0.6) is 0 Å². The highest BCUT2D eigenvalue weighted by Gasteiger charge is 2.34. The summed E-state index contributed by atoms with van der Waals surface area (Å²) >= 11 is 0. The number of nitrogens with two attached hydrogens (primary N) is 1. The minimum atomic E-state index is -0.579. The summed E-state index contributed by atoms with van der Waals surface area (Å²) in [6, 6.07) is 0. The molecule has 0 aromatic carbocycles. The summed E-state index contributed by atoms with van der Waals surface area (Å²) in [6.07, 6.45) is 5.70. The molecule has 1 saturated carbocycles. The molecule has 0 saturated heterocycles. The molecule has 0 unspecified atom stereocenters. The number of hydrogen-bond donors (Lipinski definition) is 2. The first-order chi connectivity index (χ1) is 12.3. The topological polar surface area (TPSA) is 89.6 Å². The van der Waals surface area contributed by atoms with Crippen molar-refractivity contribution in [2.45, 2.75) is 85.7 Å². The molecule has 0 aromatic heterocycles. The van der Waals surface area contributed by atoms with Crippen LogP contribution in [-0.4, -0.2) is 29.1 Å². The average Bonchev–Trinajstić information content (AvgIpc) is 2.43. The maximum absolute atomic E-state index is 12.7. The lowest BCUT2D eigenvalue weighted by Crippen LogP contribution is -2.32. The van der Waals surface area contributed by atoms with E-state index in [1.165, 1.54) is 12.5 Å². The lowest BCUT2D eigenvalue weighted by atomic mass is 9.67. The summed E-state index contributed by atoms with van der Waals surface area (Å²) in [4.78, 5) is 24.8. The molecule has 0 bridgehead atoms. The van der Waals surface area contributed by atoms with E-state index in [9.17, 15) is 9.59 Å². The Hall–Kier alpha value is -1.36. The Bertz CT molecular complexity index is 533. The van der Waals surface area contributed by atoms with Gasteiger partial charge in [0.2, 0.25) is 0 Å². The summed E-state index contributed by atoms with van der Waals surface area (Å²) in [7, 11) is 0. The first-order valence-electron chi connectivity index (χ1n) is 10.1. The second kappa shape index (κ2) is 9.72. The number of aliphatic hydroxyl groups is 1. The van der Waals surface area contributed by atoms with Gasteiger partial charge in [-0.2, -0.15) is 0 Å². The van der Waals surface area contributed by atoms with E-state index in [4.69, 9.17) is 15.6 Å². The molecule has 5 heteroatoms. The van der Waals surface area contributed by atoms with Gasteiger partial charge in [0, 0.05) is 24.3 Å². The lowest BCUT2D eigenvalue weighted by Gasteiger charge is -2.39. The maximum atomic E-state index is 12.7. The smallest absolute Gasteiger partial charge is 0.307 e. The van der Waals surface area contributed by atoms with Gasteiger partial charge in [0.1, 0.15) is 5.60 Å². The van der Waals surface area contributed by atoms with Gasteiger partial charge in [-0.3, -0.25) is 9.59 Å². The van der Waals surface area contributed by atoms with Crippen LogP contribution in [0, 0.1) is 23.2 Å². The van der Waals surface area contributed by atoms with E-state index >= 15 is 0 Å². The average molecular weight is 382 g/mol. The van der Waals surface area contributed by atoms with Crippen LogP contribution in [0.4, 0.5) is 0 Å². The summed E-state index contributed by atoms with van der Waals surface area (Å²) < 4.78 is 5.34. The fourth-order valence-electron chi connectivity index (χ4n) is 3.71. The molecule has 1 atom stereocenters. The molecule has 0 heterocycles. The normalized spacial score (nSPS) is 22.1. The van der Waals surface area contributed by atoms with Crippen LogP contribution in [0.1, 0.15) is 80.1 Å². The van der Waals surface area contributed by atoms with E-state index in [-0.39, 0.29) is 30.7 Å². The highest BCUT2D eigenvalue weighted by Crippen LogP contribution is 2.43. The van der Waals surface area contributed by atoms with Gasteiger partial charge in [0.15, 0.2) is 5.78 Å². The van der Waals surface area contributed by atoms with E-state index in [0.29, 0.717) is 29.9 Å². The Morgan fingerprint density at radius 2 is 1.78 bits per heavy atom. The Morgan fingerprint density at radius 3 is 2.26 bits per heavy atom. The molecule has 5 nitrogen and oxygen atoms in total. The molecule has 156 valence electrons. The van der Waals surface area contributed by atoms with Crippen molar-refractivity contribution < 1.29 is 19.4 Å². The highest BCUT2D eigenvalue weighted by atomic mass is 16.6. The maximum Gasteiger partial charge on any atom is 0.307 e. The minimum absolute atomic E-state index is 0.00555. The fourth-order valence-corrected chi connectivity index (χ4v) is 3.71. The number of allylic oxidation sites excluding steroid dienone is 2. The van der Waals surface area contributed by atoms with Crippen LogP contribution in [0.25, 0.3) is 0 Å². The van der Waals surface area contributed by atoms with Gasteiger partial charge in [-0.05, 0) is 70.1 Å². The first-order valence-corrected chi connectivity index (χ1v) is 10.1. The second-order valence-electron chi connectivity index (χ2n) is 10.2. The molecule has 0 aliphatic heterocycles. The number of ether oxygens (including phenoxy) is 1. The van der Waals surface area contributed by atoms with Gasteiger partial charge in [-0.25, -0.2) is 0 Å². The first kappa shape index (κ1) is 23.7. The van der Waals surface area contributed by atoms with E-state index in [1.54, 1.807) is 20.8 Å². The zero-order valence-corrected chi connectivity index (χ0v) is 18.0. The number of rotatable bonds is 9. The molecular formula is C22H39NO4. The quantitative estimate of drug-likeness (QED) is 0.466. The third kappa shape index (κ3) is 9.41. The Labute approximate surface area is 164 Å². The lowest BCUT2D eigenvalue weighted by molar-refractivity contribution is -0.157. The molecule has 3 N–H and O–H groups in total. The van der Waals surface area contributed by atoms with E-state index in [0.717, 1.165) is 12.8 Å². The molecular weight excluding hydrogens is 342 g/mol. The fraction of sp³-hybridized carbons (Fsp3) is 0.818. The van der Waals surface area contributed by atoms with E-state index in [1.807, 2.05) is 0 Å². The molecule has 27 heavy (non-hydrogen) atoms. The van der Waals surface area contributed by atoms with Gasteiger partial charge < -0.3 is 15.6 Å². The van der Waals surface area contributed by atoms with Crippen molar-refractivity contribution in [1.82, 2.24) is 0 Å². The van der Waals surface area contributed by atoms with Crippen LogP contribution < -0.4 is 5.73 Å². The zero-order chi connectivity index (χ0) is 20.8. The van der Waals surface area contributed by atoms with Gasteiger partial charge in [-0.15, -0.1) is 0 Å². The van der Waals surface area contributed by atoms with Crippen molar-refractivity contribution in [3.05, 3.63) is 11.8 Å². The van der Waals surface area contributed by atoms with Crippen molar-refractivity contribution in [3.63, 3.8) is 0 Å². The Balaban J connectivity index is 2.64. The molecule has 1 aliphatic carbocycles. The van der Waals surface area contributed by atoms with E-state index < -0.39 is 11.5 Å². The molecule has 0 amide bonds. The third-order valence-corrected chi connectivity index (χ3v) is 4.86. The highest BCUT2D eigenvalue weighted by molar-refractivity contribution is 5.94. The number of esters is 1. The molecule has 0 spiro atoms. The zero-order valence-electron chi connectivity index (χ0n) is 18.0. The van der Waals surface area contributed by atoms with Crippen LogP contribution in [0.15, 0.2) is 11.8 Å². The third-order valence-electron chi connectivity index (χ3n) is 4.86. The Kier molecular flexibility index (Phi) is 8.52. The molecule has 1 aliphatic rings. The van der Waals surface area contributed by atoms with Gasteiger partial charge >= 0.3 is 5.97 Å². The number of aliphatic hydroxyl groups excluding tert-OH is 1. The van der Waals surface area contributed by atoms with Crippen molar-refractivity contribution in [1.29, 1.82) is 0 Å². The molecule has 0 radical (unpaired) electrons. The van der Waals surface area contributed by atoms with Crippen LogP contribution in [0.2, 0.25) is 0 Å². The second-order valence-corrected chi connectivity index (χ2v) is 10.2. The standard InChI is InChI=1S/C22H39NO4/c1-21(2,3)14-15-10-17(11-15)18(23)13-19(25)16(8-7-9-24)12-20(26)27-22(4,5)6/h13,15-17,24H,7-12,14,23H2,1-6H3/t15?,16-,17?/m0/s1. The van der Waals surface area contributed by atoms with E-state index in [2.05, 4.69) is 20.8 Å². The van der Waals surface area contributed by atoms with Crippen molar-refractivity contribution in [2.75, 3.05) is 6.61 Å². The Morgan fingerprint density at radius 1 is 1.19 bits per heavy atom. The van der Waals surface area contributed by atoms with Crippen molar-refractivity contribution in [2.24, 2.45) is 28.9 Å². The van der Waals surface area contributed by atoms with Crippen LogP contribution in [-0.2, 0) is 14.3 Å². The summed E-state index contributed by atoms with van der Waals surface area (Å²) in [5.74, 6) is -0.0768. The van der Waals surface area contributed by atoms with Gasteiger partial charge in [0.25, 0.3) is 0 Å². The van der Waals surface area contributed by atoms with Crippen molar-refractivity contribution >= 4 is 11.8 Å². The van der Waals surface area contributed by atoms with Crippen LogP contribution >= 0.6 is 0 Å². The van der Waals surface area contributed by atoms with Crippen LogP contribution in [0.3, 0.4) is 0 Å². The predicted molar refractivity (Wildman–Crippen MR) is 108 cm³/mol. The number of hydrogen-bond acceptors (Lipinski definition) is 5. The largest absolute Gasteiger partial charge is 0.460 e. The minimum Gasteiger partial charge on any atom is -0.460 e.